The first kappa shape index (κ1) is 19.9. The molecule has 5 nitrogen and oxygen atoms in total. The third-order valence-electron chi connectivity index (χ3n) is 3.35. The Bertz CT molecular complexity index is 721. The van der Waals surface area contributed by atoms with Crippen LogP contribution in [0.15, 0.2) is 27.6 Å². The van der Waals surface area contributed by atoms with E-state index in [9.17, 15) is 9.59 Å². The molecule has 0 spiro atoms. The minimum Gasteiger partial charge on any atom is -0.496 e. The van der Waals surface area contributed by atoms with Gasteiger partial charge in [-0.15, -0.1) is 0 Å². The number of carbonyl (C=O) groups excluding carboxylic acids is 2. The van der Waals surface area contributed by atoms with Gasteiger partial charge >= 0.3 is 5.97 Å². The van der Waals surface area contributed by atoms with Crippen LogP contribution in [0.3, 0.4) is 0 Å². The van der Waals surface area contributed by atoms with Gasteiger partial charge in [-0.05, 0) is 46.1 Å². The first-order valence-corrected chi connectivity index (χ1v) is 9.72. The number of hydrogen-bond acceptors (Lipinski definition) is 6. The Morgan fingerprint density at radius 1 is 1.44 bits per heavy atom. The molecule has 1 saturated heterocycles. The molecule has 0 bridgehead atoms. The van der Waals surface area contributed by atoms with Crippen molar-refractivity contribution in [3.8, 4) is 5.75 Å². The Hall–Kier alpha value is -1.38. The molecule has 1 fully saturated rings. The van der Waals surface area contributed by atoms with Gasteiger partial charge in [0.05, 0.1) is 29.5 Å². The van der Waals surface area contributed by atoms with Crippen LogP contribution in [0.25, 0.3) is 6.08 Å². The number of esters is 1. The topological polar surface area (TPSA) is 55.8 Å². The van der Waals surface area contributed by atoms with Crippen LogP contribution in [0.4, 0.5) is 0 Å². The SMILES string of the molecule is CCCOC(=O)CCN1C(=O)/C(=C/c2ccc(OC)c(Br)c2)SC1=S. The molecule has 0 atom stereocenters. The van der Waals surface area contributed by atoms with Crippen LogP contribution in [0, 0.1) is 0 Å². The molecule has 0 aliphatic carbocycles. The van der Waals surface area contributed by atoms with Gasteiger partial charge in [0.25, 0.3) is 5.91 Å². The average Bonchev–Trinajstić information content (AvgIpc) is 2.85. The average molecular weight is 444 g/mol. The lowest BCUT2D eigenvalue weighted by Gasteiger charge is -2.13. The molecule has 0 radical (unpaired) electrons. The summed E-state index contributed by atoms with van der Waals surface area (Å²) in [6, 6.07) is 5.55. The van der Waals surface area contributed by atoms with Gasteiger partial charge in [-0.1, -0.05) is 37.0 Å². The van der Waals surface area contributed by atoms with Crippen LogP contribution in [0.2, 0.25) is 0 Å². The van der Waals surface area contributed by atoms with E-state index < -0.39 is 0 Å². The lowest BCUT2D eigenvalue weighted by molar-refractivity contribution is -0.143. The molecule has 1 aromatic rings. The van der Waals surface area contributed by atoms with E-state index in [1.165, 1.54) is 16.7 Å². The third kappa shape index (κ3) is 5.29. The van der Waals surface area contributed by atoms with Gasteiger partial charge in [0, 0.05) is 6.54 Å². The summed E-state index contributed by atoms with van der Waals surface area (Å²) in [7, 11) is 1.59. The zero-order chi connectivity index (χ0) is 18.4. The van der Waals surface area contributed by atoms with Crippen LogP contribution in [-0.2, 0) is 14.3 Å². The van der Waals surface area contributed by atoms with Crippen LogP contribution in [0.1, 0.15) is 25.3 Å². The summed E-state index contributed by atoms with van der Waals surface area (Å²) >= 11 is 9.92. The summed E-state index contributed by atoms with van der Waals surface area (Å²) in [5, 5.41) is 0. The van der Waals surface area contributed by atoms with E-state index in [2.05, 4.69) is 15.9 Å². The van der Waals surface area contributed by atoms with Gasteiger partial charge in [0.1, 0.15) is 10.1 Å². The maximum absolute atomic E-state index is 12.5. The van der Waals surface area contributed by atoms with Gasteiger partial charge in [0.2, 0.25) is 0 Å². The number of methoxy groups -OCH3 is 1. The number of ether oxygens (including phenoxy) is 2. The maximum Gasteiger partial charge on any atom is 0.307 e. The molecule has 25 heavy (non-hydrogen) atoms. The second kappa shape index (κ2) is 9.35. The van der Waals surface area contributed by atoms with Gasteiger partial charge < -0.3 is 9.47 Å². The summed E-state index contributed by atoms with van der Waals surface area (Å²) in [4.78, 5) is 26.1. The van der Waals surface area contributed by atoms with Gasteiger partial charge in [-0.2, -0.15) is 0 Å². The van der Waals surface area contributed by atoms with Crippen molar-refractivity contribution in [1.82, 2.24) is 4.90 Å². The van der Waals surface area contributed by atoms with Crippen LogP contribution >= 0.6 is 39.9 Å². The summed E-state index contributed by atoms with van der Waals surface area (Å²) in [6.07, 6.45) is 2.68. The number of carbonyl (C=O) groups is 2. The normalized spacial score (nSPS) is 15.8. The fraction of sp³-hybridized carbons (Fsp3) is 0.353. The van der Waals surface area contributed by atoms with Crippen LogP contribution < -0.4 is 4.74 Å². The highest BCUT2D eigenvalue weighted by Gasteiger charge is 2.32. The molecule has 1 aliphatic heterocycles. The predicted molar refractivity (Wildman–Crippen MR) is 106 cm³/mol. The van der Waals surface area contributed by atoms with Crippen molar-refractivity contribution >= 4 is 62.2 Å². The molecule has 1 aliphatic rings. The second-order valence-electron chi connectivity index (χ2n) is 5.20. The number of rotatable bonds is 7. The van der Waals surface area contributed by atoms with Crippen molar-refractivity contribution in [2.75, 3.05) is 20.3 Å². The Kier molecular flexibility index (Phi) is 7.46. The number of thiocarbonyl (C=S) groups is 1. The molecule has 0 aromatic heterocycles. The minimum absolute atomic E-state index is 0.133. The predicted octanol–water partition coefficient (Wildman–Crippen LogP) is 4.00. The molecule has 1 aromatic carbocycles. The standard InChI is InChI=1S/C17H18BrNO4S2/c1-3-8-23-15(20)6-7-19-16(21)14(25-17(19)24)10-11-4-5-13(22-2)12(18)9-11/h4-5,9-10H,3,6-8H2,1-2H3/b14-10-. The van der Waals surface area contributed by atoms with Crippen LogP contribution in [0.5, 0.6) is 5.75 Å². The number of amides is 1. The summed E-state index contributed by atoms with van der Waals surface area (Å²) in [5.41, 5.74) is 0.857. The van der Waals surface area contributed by atoms with Gasteiger partial charge in [-0.25, -0.2) is 0 Å². The molecular weight excluding hydrogens is 426 g/mol. The smallest absolute Gasteiger partial charge is 0.307 e. The highest BCUT2D eigenvalue weighted by Crippen LogP contribution is 2.34. The largest absolute Gasteiger partial charge is 0.496 e. The lowest BCUT2D eigenvalue weighted by Crippen LogP contribution is -2.30. The van der Waals surface area contributed by atoms with E-state index in [0.29, 0.717) is 15.8 Å². The summed E-state index contributed by atoms with van der Waals surface area (Å²) < 4.78 is 11.5. The Morgan fingerprint density at radius 3 is 2.84 bits per heavy atom. The quantitative estimate of drug-likeness (QED) is 0.360. The van der Waals surface area contributed by atoms with Crippen LogP contribution in [-0.4, -0.2) is 41.4 Å². The van der Waals surface area contributed by atoms with Crippen molar-refractivity contribution < 1.29 is 19.1 Å². The fourth-order valence-corrected chi connectivity index (χ4v) is 3.97. The molecule has 8 heteroatoms. The minimum atomic E-state index is -0.320. The first-order chi connectivity index (χ1) is 12.0. The molecule has 1 heterocycles. The fourth-order valence-electron chi connectivity index (χ4n) is 2.11. The van der Waals surface area contributed by atoms with E-state index in [1.54, 1.807) is 13.2 Å². The highest BCUT2D eigenvalue weighted by molar-refractivity contribution is 9.10. The van der Waals surface area contributed by atoms with Gasteiger partial charge in [0.15, 0.2) is 0 Å². The number of thioether (sulfide) groups is 1. The Balaban J connectivity index is 2.04. The summed E-state index contributed by atoms with van der Waals surface area (Å²) in [5.74, 6) is 0.208. The Labute approximate surface area is 164 Å². The van der Waals surface area contributed by atoms with E-state index in [4.69, 9.17) is 21.7 Å². The van der Waals surface area contributed by atoms with Crippen molar-refractivity contribution in [2.24, 2.45) is 0 Å². The molecule has 0 saturated carbocycles. The first-order valence-electron chi connectivity index (χ1n) is 7.70. The Morgan fingerprint density at radius 2 is 2.20 bits per heavy atom. The highest BCUT2D eigenvalue weighted by atomic mass is 79.9. The zero-order valence-electron chi connectivity index (χ0n) is 13.9. The number of nitrogens with zero attached hydrogens (tertiary/aromatic N) is 1. The van der Waals surface area contributed by atoms with E-state index in [1.807, 2.05) is 25.1 Å². The summed E-state index contributed by atoms with van der Waals surface area (Å²) in [6.45, 7) is 2.55. The maximum atomic E-state index is 12.5. The van der Waals surface area contributed by atoms with Crippen molar-refractivity contribution in [2.45, 2.75) is 19.8 Å². The number of halogens is 1. The molecular formula is C17H18BrNO4S2. The lowest BCUT2D eigenvalue weighted by atomic mass is 10.2. The number of benzene rings is 1. The molecule has 2 rings (SSSR count). The van der Waals surface area contributed by atoms with Crippen molar-refractivity contribution in [3.63, 3.8) is 0 Å². The second-order valence-corrected chi connectivity index (χ2v) is 7.73. The monoisotopic (exact) mass is 443 g/mol. The zero-order valence-corrected chi connectivity index (χ0v) is 17.1. The molecule has 1 amide bonds. The molecule has 0 unspecified atom stereocenters. The number of hydrogen-bond donors (Lipinski definition) is 0. The van der Waals surface area contributed by atoms with E-state index in [-0.39, 0.29) is 24.8 Å². The van der Waals surface area contributed by atoms with Gasteiger partial charge in [-0.3, -0.25) is 14.5 Å². The van der Waals surface area contributed by atoms with E-state index >= 15 is 0 Å². The van der Waals surface area contributed by atoms with Crippen molar-refractivity contribution in [3.05, 3.63) is 33.1 Å². The molecule has 0 N–H and O–H groups in total. The van der Waals surface area contributed by atoms with Crippen molar-refractivity contribution in [1.29, 1.82) is 0 Å². The molecule has 134 valence electrons. The third-order valence-corrected chi connectivity index (χ3v) is 5.35. The van der Waals surface area contributed by atoms with E-state index in [0.717, 1.165) is 22.2 Å².